The normalized spacial score (nSPS) is 11.3. The minimum Gasteiger partial charge on any atom is -0.478 e. The molecular formula is C13H19NO3. The first-order chi connectivity index (χ1) is 7.87. The number of aromatic carboxylic acids is 1. The molecule has 0 heterocycles. The van der Waals surface area contributed by atoms with Crippen molar-refractivity contribution in [1.82, 2.24) is 0 Å². The molecule has 0 unspecified atom stereocenters. The lowest BCUT2D eigenvalue weighted by Gasteiger charge is -2.24. The Morgan fingerprint density at radius 1 is 1.41 bits per heavy atom. The van der Waals surface area contributed by atoms with Crippen LogP contribution >= 0.6 is 0 Å². The average molecular weight is 237 g/mol. The van der Waals surface area contributed by atoms with Crippen molar-refractivity contribution in [2.24, 2.45) is 5.41 Å². The van der Waals surface area contributed by atoms with Crippen LogP contribution in [0, 0.1) is 12.3 Å². The van der Waals surface area contributed by atoms with Crippen LogP contribution in [0.2, 0.25) is 0 Å². The maximum absolute atomic E-state index is 11.1. The van der Waals surface area contributed by atoms with Gasteiger partial charge in [-0.25, -0.2) is 4.79 Å². The second-order valence-electron chi connectivity index (χ2n) is 4.98. The summed E-state index contributed by atoms with van der Waals surface area (Å²) in [5.74, 6) is -0.946. The van der Waals surface area contributed by atoms with Gasteiger partial charge in [0.15, 0.2) is 0 Å². The van der Waals surface area contributed by atoms with Crippen LogP contribution in [-0.4, -0.2) is 29.3 Å². The standard InChI is InChI=1S/C13H19NO3/c1-9-5-4-6-10(12(16)17)11(9)14-7-13(2,3)8-15/h4-6,14-15H,7-8H2,1-3H3,(H,16,17). The van der Waals surface area contributed by atoms with Gasteiger partial charge in [0.1, 0.15) is 0 Å². The van der Waals surface area contributed by atoms with Crippen molar-refractivity contribution in [2.45, 2.75) is 20.8 Å². The van der Waals surface area contributed by atoms with Crippen LogP contribution in [-0.2, 0) is 0 Å². The first kappa shape index (κ1) is 13.5. The number of aliphatic hydroxyl groups is 1. The molecule has 0 saturated heterocycles. The van der Waals surface area contributed by atoms with Crippen LogP contribution in [0.5, 0.6) is 0 Å². The number of carboxylic acid groups (broad SMARTS) is 1. The van der Waals surface area contributed by atoms with Gasteiger partial charge < -0.3 is 15.5 Å². The molecule has 0 aromatic heterocycles. The minimum atomic E-state index is -0.946. The van der Waals surface area contributed by atoms with Gasteiger partial charge in [-0.3, -0.25) is 0 Å². The Morgan fingerprint density at radius 2 is 2.06 bits per heavy atom. The fourth-order valence-electron chi connectivity index (χ4n) is 1.46. The van der Waals surface area contributed by atoms with E-state index in [1.54, 1.807) is 12.1 Å². The summed E-state index contributed by atoms with van der Waals surface area (Å²) in [6, 6.07) is 5.16. The van der Waals surface area contributed by atoms with Gasteiger partial charge in [0, 0.05) is 18.6 Å². The highest BCUT2D eigenvalue weighted by atomic mass is 16.4. The Bertz CT molecular complexity index is 413. The number of hydrogen-bond donors (Lipinski definition) is 3. The van der Waals surface area contributed by atoms with E-state index in [1.807, 2.05) is 26.8 Å². The van der Waals surface area contributed by atoms with Crippen LogP contribution in [0.3, 0.4) is 0 Å². The Kier molecular flexibility index (Phi) is 4.12. The number of rotatable bonds is 5. The predicted molar refractivity (Wildman–Crippen MR) is 67.5 cm³/mol. The number of anilines is 1. The summed E-state index contributed by atoms with van der Waals surface area (Å²) in [5.41, 5.74) is 1.50. The molecule has 0 aliphatic heterocycles. The molecule has 0 atom stereocenters. The Balaban J connectivity index is 2.94. The van der Waals surface area contributed by atoms with Gasteiger partial charge in [0.25, 0.3) is 0 Å². The van der Waals surface area contributed by atoms with Crippen LogP contribution in [0.1, 0.15) is 29.8 Å². The zero-order valence-corrected chi connectivity index (χ0v) is 10.4. The molecule has 0 aliphatic rings. The van der Waals surface area contributed by atoms with Gasteiger partial charge in [-0.05, 0) is 18.6 Å². The number of carboxylic acids is 1. The van der Waals surface area contributed by atoms with Gasteiger partial charge in [-0.1, -0.05) is 26.0 Å². The highest BCUT2D eigenvalue weighted by molar-refractivity contribution is 5.95. The summed E-state index contributed by atoms with van der Waals surface area (Å²) in [7, 11) is 0. The molecular weight excluding hydrogens is 218 g/mol. The molecule has 0 radical (unpaired) electrons. The quantitative estimate of drug-likeness (QED) is 0.733. The summed E-state index contributed by atoms with van der Waals surface area (Å²) in [4.78, 5) is 11.1. The Morgan fingerprint density at radius 3 is 2.59 bits per heavy atom. The molecule has 4 heteroatoms. The Hall–Kier alpha value is -1.55. The molecule has 3 N–H and O–H groups in total. The SMILES string of the molecule is Cc1cccc(C(=O)O)c1NCC(C)(C)CO. The summed E-state index contributed by atoms with van der Waals surface area (Å²) in [5, 5.41) is 21.4. The zero-order valence-electron chi connectivity index (χ0n) is 10.4. The van der Waals surface area contributed by atoms with E-state index >= 15 is 0 Å². The minimum absolute atomic E-state index is 0.0499. The number of para-hydroxylation sites is 1. The van der Waals surface area contributed by atoms with Crippen molar-refractivity contribution in [3.05, 3.63) is 29.3 Å². The van der Waals surface area contributed by atoms with Gasteiger partial charge in [0.2, 0.25) is 0 Å². The summed E-state index contributed by atoms with van der Waals surface area (Å²) in [6.07, 6.45) is 0. The smallest absolute Gasteiger partial charge is 0.337 e. The molecule has 0 aliphatic carbocycles. The number of benzene rings is 1. The molecule has 0 fully saturated rings. The van der Waals surface area contributed by atoms with E-state index < -0.39 is 5.97 Å². The molecule has 1 aromatic carbocycles. The second kappa shape index (κ2) is 5.19. The maximum Gasteiger partial charge on any atom is 0.337 e. The lowest BCUT2D eigenvalue weighted by molar-refractivity contribution is 0.0697. The molecule has 0 spiro atoms. The van der Waals surface area contributed by atoms with Crippen molar-refractivity contribution in [2.75, 3.05) is 18.5 Å². The lowest BCUT2D eigenvalue weighted by atomic mass is 9.94. The zero-order chi connectivity index (χ0) is 13.1. The largest absolute Gasteiger partial charge is 0.478 e. The van der Waals surface area contributed by atoms with Crippen molar-refractivity contribution in [1.29, 1.82) is 0 Å². The van der Waals surface area contributed by atoms with Crippen molar-refractivity contribution in [3.63, 3.8) is 0 Å². The van der Waals surface area contributed by atoms with Crippen LogP contribution in [0.4, 0.5) is 5.69 Å². The van der Waals surface area contributed by atoms with Gasteiger partial charge in [-0.15, -0.1) is 0 Å². The Labute approximate surface area is 101 Å². The van der Waals surface area contributed by atoms with E-state index in [1.165, 1.54) is 0 Å². The molecule has 1 rings (SSSR count). The van der Waals surface area contributed by atoms with E-state index in [9.17, 15) is 4.79 Å². The number of carbonyl (C=O) groups is 1. The number of aryl methyl sites for hydroxylation is 1. The topological polar surface area (TPSA) is 69.6 Å². The maximum atomic E-state index is 11.1. The molecule has 0 bridgehead atoms. The monoisotopic (exact) mass is 237 g/mol. The summed E-state index contributed by atoms with van der Waals surface area (Å²) in [6.45, 7) is 6.26. The lowest BCUT2D eigenvalue weighted by Crippen LogP contribution is -2.27. The van der Waals surface area contributed by atoms with Crippen molar-refractivity contribution in [3.8, 4) is 0 Å². The highest BCUT2D eigenvalue weighted by Gasteiger charge is 2.18. The van der Waals surface area contributed by atoms with Crippen LogP contribution < -0.4 is 5.32 Å². The third kappa shape index (κ3) is 3.46. The third-order valence-corrected chi connectivity index (χ3v) is 2.67. The van der Waals surface area contributed by atoms with Crippen LogP contribution in [0.15, 0.2) is 18.2 Å². The van der Waals surface area contributed by atoms with E-state index in [2.05, 4.69) is 5.32 Å². The number of nitrogens with one attached hydrogen (secondary N) is 1. The van der Waals surface area contributed by atoms with Gasteiger partial charge in [0.05, 0.1) is 11.3 Å². The molecule has 17 heavy (non-hydrogen) atoms. The van der Waals surface area contributed by atoms with E-state index in [0.29, 0.717) is 12.2 Å². The second-order valence-corrected chi connectivity index (χ2v) is 4.98. The van der Waals surface area contributed by atoms with Crippen LogP contribution in [0.25, 0.3) is 0 Å². The predicted octanol–water partition coefficient (Wildman–Crippen LogP) is 2.12. The molecule has 0 amide bonds. The molecule has 4 nitrogen and oxygen atoms in total. The number of aliphatic hydroxyl groups excluding tert-OH is 1. The van der Waals surface area contributed by atoms with E-state index in [0.717, 1.165) is 5.56 Å². The first-order valence-corrected chi connectivity index (χ1v) is 5.55. The molecule has 0 saturated carbocycles. The molecule has 94 valence electrons. The van der Waals surface area contributed by atoms with Crippen molar-refractivity contribution >= 4 is 11.7 Å². The molecule has 1 aromatic rings. The number of hydrogen-bond acceptors (Lipinski definition) is 3. The summed E-state index contributed by atoms with van der Waals surface area (Å²) < 4.78 is 0. The first-order valence-electron chi connectivity index (χ1n) is 5.55. The average Bonchev–Trinajstić information content (AvgIpc) is 2.27. The summed E-state index contributed by atoms with van der Waals surface area (Å²) >= 11 is 0. The fraction of sp³-hybridized carbons (Fsp3) is 0.462. The highest BCUT2D eigenvalue weighted by Crippen LogP contribution is 2.23. The van der Waals surface area contributed by atoms with E-state index in [4.69, 9.17) is 10.2 Å². The van der Waals surface area contributed by atoms with Crippen molar-refractivity contribution < 1.29 is 15.0 Å². The van der Waals surface area contributed by atoms with Gasteiger partial charge in [-0.2, -0.15) is 0 Å². The fourth-order valence-corrected chi connectivity index (χ4v) is 1.46. The van der Waals surface area contributed by atoms with E-state index in [-0.39, 0.29) is 17.6 Å². The third-order valence-electron chi connectivity index (χ3n) is 2.67. The van der Waals surface area contributed by atoms with Gasteiger partial charge >= 0.3 is 5.97 Å².